The van der Waals surface area contributed by atoms with Crippen molar-refractivity contribution in [2.45, 2.75) is 13.0 Å². The van der Waals surface area contributed by atoms with Gasteiger partial charge in [0.1, 0.15) is 6.33 Å². The minimum atomic E-state index is 0.234. The number of anilines is 2. The number of nitrogens with two attached hydrogens (primary N) is 1. The molecule has 1 atom stereocenters. The first-order valence-electron chi connectivity index (χ1n) is 4.44. The van der Waals surface area contributed by atoms with Gasteiger partial charge in [0.2, 0.25) is 0 Å². The summed E-state index contributed by atoms with van der Waals surface area (Å²) in [7, 11) is 3.61. The molecule has 0 aliphatic heterocycles. The van der Waals surface area contributed by atoms with E-state index in [-0.39, 0.29) is 6.04 Å². The average Bonchev–Trinajstić information content (AvgIpc) is 2.18. The van der Waals surface area contributed by atoms with E-state index in [1.807, 2.05) is 18.9 Å². The van der Waals surface area contributed by atoms with Crippen molar-refractivity contribution in [2.24, 2.45) is 0 Å². The Kier molecular flexibility index (Phi) is 3.64. The van der Waals surface area contributed by atoms with Gasteiger partial charge in [-0.05, 0) is 6.92 Å². The van der Waals surface area contributed by atoms with Crippen molar-refractivity contribution < 1.29 is 4.74 Å². The van der Waals surface area contributed by atoms with Gasteiger partial charge in [-0.25, -0.2) is 9.97 Å². The van der Waals surface area contributed by atoms with Crippen LogP contribution in [0.25, 0.3) is 0 Å². The molecule has 0 spiro atoms. The number of hydrogen-bond donors (Lipinski definition) is 1. The lowest BCUT2D eigenvalue weighted by Crippen LogP contribution is -2.33. The maximum absolute atomic E-state index is 5.75. The highest BCUT2D eigenvalue weighted by Crippen LogP contribution is 2.18. The first kappa shape index (κ1) is 10.7. The SMILES string of the molecule is COCC(C)N(C)c1ncncc1N. The molecule has 1 unspecified atom stereocenters. The summed E-state index contributed by atoms with van der Waals surface area (Å²) in [4.78, 5) is 9.93. The molecule has 0 saturated carbocycles. The second-order valence-electron chi connectivity index (χ2n) is 3.22. The van der Waals surface area contributed by atoms with Gasteiger partial charge in [0, 0.05) is 14.2 Å². The largest absolute Gasteiger partial charge is 0.394 e. The number of nitrogen functional groups attached to an aromatic ring is 1. The summed E-state index contributed by atoms with van der Waals surface area (Å²) in [6.45, 7) is 2.69. The third-order valence-corrected chi connectivity index (χ3v) is 2.12. The summed E-state index contributed by atoms with van der Waals surface area (Å²) in [5.41, 5.74) is 6.33. The summed E-state index contributed by atoms with van der Waals surface area (Å²) in [6, 6.07) is 0.234. The second-order valence-corrected chi connectivity index (χ2v) is 3.22. The average molecular weight is 196 g/mol. The molecule has 5 heteroatoms. The van der Waals surface area contributed by atoms with E-state index in [1.165, 1.54) is 6.33 Å². The number of methoxy groups -OCH3 is 1. The Labute approximate surface area is 83.9 Å². The van der Waals surface area contributed by atoms with Crippen LogP contribution in [0.2, 0.25) is 0 Å². The van der Waals surface area contributed by atoms with Crippen LogP contribution < -0.4 is 10.6 Å². The molecule has 0 aliphatic carbocycles. The highest BCUT2D eigenvalue weighted by atomic mass is 16.5. The van der Waals surface area contributed by atoms with Gasteiger partial charge in [0.05, 0.1) is 24.5 Å². The third-order valence-electron chi connectivity index (χ3n) is 2.12. The number of hydrogen-bond acceptors (Lipinski definition) is 5. The molecule has 0 saturated heterocycles. The van der Waals surface area contributed by atoms with E-state index in [9.17, 15) is 0 Å². The van der Waals surface area contributed by atoms with Crippen molar-refractivity contribution in [2.75, 3.05) is 31.4 Å². The molecule has 0 amide bonds. The molecule has 14 heavy (non-hydrogen) atoms. The molecule has 0 fully saturated rings. The molecule has 78 valence electrons. The van der Waals surface area contributed by atoms with Crippen molar-refractivity contribution >= 4 is 11.5 Å². The van der Waals surface area contributed by atoms with Crippen molar-refractivity contribution in [3.05, 3.63) is 12.5 Å². The molecule has 1 aromatic rings. The molecule has 5 nitrogen and oxygen atoms in total. The summed E-state index contributed by atoms with van der Waals surface area (Å²) in [5.74, 6) is 0.740. The number of ether oxygens (including phenoxy) is 1. The van der Waals surface area contributed by atoms with E-state index in [0.717, 1.165) is 5.82 Å². The van der Waals surface area contributed by atoms with E-state index in [2.05, 4.69) is 9.97 Å². The van der Waals surface area contributed by atoms with E-state index >= 15 is 0 Å². The lowest BCUT2D eigenvalue weighted by Gasteiger charge is -2.25. The molecule has 2 N–H and O–H groups in total. The quantitative estimate of drug-likeness (QED) is 0.761. The molecule has 0 aromatic carbocycles. The van der Waals surface area contributed by atoms with Gasteiger partial charge in [-0.2, -0.15) is 0 Å². The van der Waals surface area contributed by atoms with Gasteiger partial charge in [-0.15, -0.1) is 0 Å². The third kappa shape index (κ3) is 2.32. The lowest BCUT2D eigenvalue weighted by atomic mass is 10.3. The Morgan fingerprint density at radius 1 is 1.64 bits per heavy atom. The van der Waals surface area contributed by atoms with Crippen molar-refractivity contribution in [1.82, 2.24) is 9.97 Å². The van der Waals surface area contributed by atoms with Crippen LogP contribution in [0.3, 0.4) is 0 Å². The maximum Gasteiger partial charge on any atom is 0.155 e. The standard InChI is InChI=1S/C9H16N4O/c1-7(5-14-3)13(2)9-8(10)4-11-6-12-9/h4,6-7H,5,10H2,1-3H3. The fourth-order valence-corrected chi connectivity index (χ4v) is 1.19. The fraction of sp³-hybridized carbons (Fsp3) is 0.556. The molecular formula is C9H16N4O. The zero-order valence-corrected chi connectivity index (χ0v) is 8.77. The molecule has 1 aromatic heterocycles. The summed E-state index contributed by atoms with van der Waals surface area (Å²) in [5, 5.41) is 0. The maximum atomic E-state index is 5.75. The van der Waals surface area contributed by atoms with Crippen molar-refractivity contribution in [1.29, 1.82) is 0 Å². The van der Waals surface area contributed by atoms with Crippen LogP contribution in [0.4, 0.5) is 11.5 Å². The van der Waals surface area contributed by atoms with Gasteiger partial charge in [-0.1, -0.05) is 0 Å². The molecule has 0 bridgehead atoms. The van der Waals surface area contributed by atoms with E-state index < -0.39 is 0 Å². The monoisotopic (exact) mass is 196 g/mol. The minimum Gasteiger partial charge on any atom is -0.394 e. The van der Waals surface area contributed by atoms with Gasteiger partial charge in [0.15, 0.2) is 5.82 Å². The molecule has 1 heterocycles. The van der Waals surface area contributed by atoms with Crippen LogP contribution in [0.1, 0.15) is 6.92 Å². The zero-order chi connectivity index (χ0) is 10.6. The first-order chi connectivity index (χ1) is 6.66. The molecule has 0 radical (unpaired) electrons. The van der Waals surface area contributed by atoms with Crippen LogP contribution in [0.15, 0.2) is 12.5 Å². The topological polar surface area (TPSA) is 64.3 Å². The van der Waals surface area contributed by atoms with Crippen LogP contribution in [-0.2, 0) is 4.74 Å². The Balaban J connectivity index is 2.78. The number of nitrogens with zero attached hydrogens (tertiary/aromatic N) is 3. The van der Waals surface area contributed by atoms with Gasteiger partial charge >= 0.3 is 0 Å². The summed E-state index contributed by atoms with van der Waals surface area (Å²) >= 11 is 0. The van der Waals surface area contributed by atoms with Gasteiger partial charge in [-0.3, -0.25) is 0 Å². The highest BCUT2D eigenvalue weighted by Gasteiger charge is 2.13. The Morgan fingerprint density at radius 2 is 2.36 bits per heavy atom. The van der Waals surface area contributed by atoms with Gasteiger partial charge < -0.3 is 15.4 Å². The molecular weight excluding hydrogens is 180 g/mol. The highest BCUT2D eigenvalue weighted by molar-refractivity contribution is 5.60. The Bertz CT molecular complexity index is 292. The molecule has 1 rings (SSSR count). The van der Waals surface area contributed by atoms with Crippen LogP contribution in [0.5, 0.6) is 0 Å². The lowest BCUT2D eigenvalue weighted by molar-refractivity contribution is 0.183. The number of rotatable bonds is 4. The second kappa shape index (κ2) is 4.76. The van der Waals surface area contributed by atoms with Crippen molar-refractivity contribution in [3.8, 4) is 0 Å². The van der Waals surface area contributed by atoms with Gasteiger partial charge in [0.25, 0.3) is 0 Å². The number of aromatic nitrogens is 2. The van der Waals surface area contributed by atoms with E-state index in [4.69, 9.17) is 10.5 Å². The smallest absolute Gasteiger partial charge is 0.155 e. The molecule has 0 aliphatic rings. The van der Waals surface area contributed by atoms with Crippen LogP contribution in [0, 0.1) is 0 Å². The zero-order valence-electron chi connectivity index (χ0n) is 8.77. The fourth-order valence-electron chi connectivity index (χ4n) is 1.19. The minimum absolute atomic E-state index is 0.234. The summed E-state index contributed by atoms with van der Waals surface area (Å²) in [6.07, 6.45) is 3.08. The van der Waals surface area contributed by atoms with Crippen LogP contribution in [-0.4, -0.2) is 36.8 Å². The predicted molar refractivity (Wildman–Crippen MR) is 56.2 cm³/mol. The Morgan fingerprint density at radius 3 is 2.93 bits per heavy atom. The number of likely N-dealkylation sites (N-methyl/N-ethyl adjacent to an activating group) is 1. The van der Waals surface area contributed by atoms with E-state index in [1.54, 1.807) is 13.3 Å². The van der Waals surface area contributed by atoms with Crippen LogP contribution >= 0.6 is 0 Å². The Hall–Kier alpha value is -1.36. The van der Waals surface area contributed by atoms with E-state index in [0.29, 0.717) is 12.3 Å². The normalized spacial score (nSPS) is 12.5. The first-order valence-corrected chi connectivity index (χ1v) is 4.44. The van der Waals surface area contributed by atoms with Crippen molar-refractivity contribution in [3.63, 3.8) is 0 Å². The predicted octanol–water partition coefficient (Wildman–Crippen LogP) is 0.530. The summed E-state index contributed by atoms with van der Waals surface area (Å²) < 4.78 is 5.06.